The smallest absolute Gasteiger partial charge is 0.422 e. The first kappa shape index (κ1) is 17.4. The molecule has 0 aliphatic rings. The lowest BCUT2D eigenvalue weighted by Crippen LogP contribution is -2.30. The van der Waals surface area contributed by atoms with Crippen molar-refractivity contribution < 1.29 is 27.8 Å². The lowest BCUT2D eigenvalue weighted by molar-refractivity contribution is -0.153. The first-order chi connectivity index (χ1) is 9.81. The number of amides is 2. The van der Waals surface area contributed by atoms with Gasteiger partial charge in [0.05, 0.1) is 5.69 Å². The van der Waals surface area contributed by atoms with Crippen molar-refractivity contribution in [1.82, 2.24) is 5.32 Å². The van der Waals surface area contributed by atoms with Gasteiger partial charge in [0.25, 0.3) is 0 Å². The lowest BCUT2D eigenvalue weighted by atomic mass is 10.3. The number of halogens is 4. The standard InChI is InChI=1S/C12H14ClF3N2O3/c13-8-2-3-9(18-11(20)17-4-1-5-19)10(6-8)21-7-12(14,15)16/h2-3,6,19H,1,4-5,7H2,(H2,17,18,20). The van der Waals surface area contributed by atoms with Gasteiger partial charge in [-0.2, -0.15) is 13.2 Å². The van der Waals surface area contributed by atoms with Crippen LogP contribution in [0.25, 0.3) is 0 Å². The number of carbonyl (C=O) groups excluding carboxylic acids is 1. The molecule has 0 unspecified atom stereocenters. The number of rotatable bonds is 6. The fourth-order valence-corrected chi connectivity index (χ4v) is 1.49. The van der Waals surface area contributed by atoms with Gasteiger partial charge in [0.2, 0.25) is 0 Å². The minimum Gasteiger partial charge on any atom is -0.482 e. The van der Waals surface area contributed by atoms with Gasteiger partial charge in [0.1, 0.15) is 5.75 Å². The van der Waals surface area contributed by atoms with Crippen LogP contribution in [0.3, 0.4) is 0 Å². The van der Waals surface area contributed by atoms with Crippen molar-refractivity contribution in [2.75, 3.05) is 25.1 Å². The van der Waals surface area contributed by atoms with Crippen LogP contribution in [0.15, 0.2) is 18.2 Å². The molecular weight excluding hydrogens is 313 g/mol. The van der Waals surface area contributed by atoms with Gasteiger partial charge in [0.15, 0.2) is 6.61 Å². The number of hydrogen-bond donors (Lipinski definition) is 3. The lowest BCUT2D eigenvalue weighted by Gasteiger charge is -2.14. The van der Waals surface area contributed by atoms with E-state index in [0.717, 1.165) is 0 Å². The Morgan fingerprint density at radius 2 is 2.10 bits per heavy atom. The minimum absolute atomic E-state index is 0.0603. The van der Waals surface area contributed by atoms with Gasteiger partial charge in [-0.3, -0.25) is 0 Å². The summed E-state index contributed by atoms with van der Waals surface area (Å²) in [4.78, 5) is 11.5. The van der Waals surface area contributed by atoms with Gasteiger partial charge in [-0.1, -0.05) is 11.6 Å². The molecule has 0 aliphatic heterocycles. The predicted molar refractivity (Wildman–Crippen MR) is 71.7 cm³/mol. The quantitative estimate of drug-likeness (QED) is 0.704. The fourth-order valence-electron chi connectivity index (χ4n) is 1.33. The number of anilines is 1. The number of alkyl halides is 3. The number of urea groups is 1. The molecule has 0 heterocycles. The summed E-state index contributed by atoms with van der Waals surface area (Å²) in [5.74, 6) is -0.183. The topological polar surface area (TPSA) is 70.6 Å². The summed E-state index contributed by atoms with van der Waals surface area (Å²) in [6.07, 6.45) is -4.13. The van der Waals surface area contributed by atoms with E-state index in [9.17, 15) is 18.0 Å². The van der Waals surface area contributed by atoms with Gasteiger partial charge in [-0.25, -0.2) is 4.79 Å². The van der Waals surface area contributed by atoms with Gasteiger partial charge < -0.3 is 20.5 Å². The van der Waals surface area contributed by atoms with E-state index in [-0.39, 0.29) is 29.6 Å². The Hall–Kier alpha value is -1.67. The third kappa shape index (κ3) is 7.05. The highest BCUT2D eigenvalue weighted by Gasteiger charge is 2.29. The first-order valence-electron chi connectivity index (χ1n) is 5.96. The molecule has 0 saturated heterocycles. The molecule has 1 aromatic carbocycles. The molecular formula is C12H14ClF3N2O3. The molecule has 21 heavy (non-hydrogen) atoms. The van der Waals surface area contributed by atoms with Crippen LogP contribution in [0.5, 0.6) is 5.75 Å². The van der Waals surface area contributed by atoms with Crippen LogP contribution in [0, 0.1) is 0 Å². The van der Waals surface area contributed by atoms with Crippen molar-refractivity contribution >= 4 is 23.3 Å². The van der Waals surface area contributed by atoms with E-state index in [0.29, 0.717) is 6.42 Å². The van der Waals surface area contributed by atoms with Crippen LogP contribution >= 0.6 is 11.6 Å². The number of aliphatic hydroxyl groups excluding tert-OH is 1. The summed E-state index contributed by atoms with van der Waals surface area (Å²) in [7, 11) is 0. The molecule has 118 valence electrons. The molecule has 0 radical (unpaired) electrons. The third-order valence-corrected chi connectivity index (χ3v) is 2.44. The number of aliphatic hydroxyl groups is 1. The van der Waals surface area contributed by atoms with Crippen molar-refractivity contribution in [2.24, 2.45) is 0 Å². The molecule has 3 N–H and O–H groups in total. The van der Waals surface area contributed by atoms with Crippen LogP contribution in [-0.2, 0) is 0 Å². The molecule has 2 amide bonds. The second-order valence-corrected chi connectivity index (χ2v) is 4.44. The number of benzene rings is 1. The van der Waals surface area contributed by atoms with Gasteiger partial charge >= 0.3 is 12.2 Å². The van der Waals surface area contributed by atoms with E-state index in [1.165, 1.54) is 18.2 Å². The number of ether oxygens (including phenoxy) is 1. The molecule has 0 saturated carbocycles. The molecule has 0 aromatic heterocycles. The summed E-state index contributed by atoms with van der Waals surface area (Å²) in [5, 5.41) is 13.5. The Balaban J connectivity index is 2.70. The molecule has 9 heteroatoms. The largest absolute Gasteiger partial charge is 0.482 e. The summed E-state index contributed by atoms with van der Waals surface area (Å²) in [6, 6.07) is 3.30. The number of nitrogens with one attached hydrogen (secondary N) is 2. The van der Waals surface area contributed by atoms with E-state index in [2.05, 4.69) is 15.4 Å². The Bertz CT molecular complexity index is 483. The van der Waals surface area contributed by atoms with E-state index in [4.69, 9.17) is 16.7 Å². The van der Waals surface area contributed by atoms with Crippen molar-refractivity contribution in [3.8, 4) is 5.75 Å². The highest BCUT2D eigenvalue weighted by molar-refractivity contribution is 6.30. The Kier molecular flexibility index (Phi) is 6.57. The summed E-state index contributed by atoms with van der Waals surface area (Å²) < 4.78 is 41.1. The molecule has 0 bridgehead atoms. The highest BCUT2D eigenvalue weighted by atomic mass is 35.5. The second-order valence-electron chi connectivity index (χ2n) is 4.00. The highest BCUT2D eigenvalue weighted by Crippen LogP contribution is 2.29. The summed E-state index contributed by atoms with van der Waals surface area (Å²) >= 11 is 5.69. The molecule has 0 aliphatic carbocycles. The van der Waals surface area contributed by atoms with Crippen LogP contribution in [-0.4, -0.2) is 37.1 Å². The zero-order valence-corrected chi connectivity index (χ0v) is 11.6. The van der Waals surface area contributed by atoms with Crippen molar-refractivity contribution in [3.63, 3.8) is 0 Å². The zero-order valence-electron chi connectivity index (χ0n) is 10.8. The normalized spacial score (nSPS) is 11.1. The average molecular weight is 327 g/mol. The van der Waals surface area contributed by atoms with Gasteiger partial charge in [0, 0.05) is 24.2 Å². The van der Waals surface area contributed by atoms with Crippen molar-refractivity contribution in [3.05, 3.63) is 23.2 Å². The molecule has 0 atom stereocenters. The van der Waals surface area contributed by atoms with Crippen molar-refractivity contribution in [1.29, 1.82) is 0 Å². The number of hydrogen-bond acceptors (Lipinski definition) is 3. The van der Waals surface area contributed by atoms with Crippen LogP contribution in [0.1, 0.15) is 6.42 Å². The number of carbonyl (C=O) groups is 1. The second kappa shape index (κ2) is 7.94. The Morgan fingerprint density at radius 1 is 1.38 bits per heavy atom. The molecule has 5 nitrogen and oxygen atoms in total. The van der Waals surface area contributed by atoms with E-state index >= 15 is 0 Å². The van der Waals surface area contributed by atoms with Crippen LogP contribution < -0.4 is 15.4 Å². The molecule has 0 spiro atoms. The summed E-state index contributed by atoms with van der Waals surface area (Å²) in [6.45, 7) is -1.34. The molecule has 1 rings (SSSR count). The maximum absolute atomic E-state index is 12.2. The van der Waals surface area contributed by atoms with E-state index in [1.54, 1.807) is 0 Å². The van der Waals surface area contributed by atoms with Gasteiger partial charge in [-0.05, 0) is 18.6 Å². The Morgan fingerprint density at radius 3 is 2.71 bits per heavy atom. The van der Waals surface area contributed by atoms with Crippen molar-refractivity contribution in [2.45, 2.75) is 12.6 Å². The van der Waals surface area contributed by atoms with Crippen LogP contribution in [0.4, 0.5) is 23.7 Å². The molecule has 0 fully saturated rings. The fraction of sp³-hybridized carbons (Fsp3) is 0.417. The molecule has 1 aromatic rings. The van der Waals surface area contributed by atoms with Gasteiger partial charge in [-0.15, -0.1) is 0 Å². The van der Waals surface area contributed by atoms with E-state index in [1.807, 2.05) is 0 Å². The predicted octanol–water partition coefficient (Wildman–Crippen LogP) is 2.79. The minimum atomic E-state index is -4.50. The maximum Gasteiger partial charge on any atom is 0.422 e. The Labute approximate surface area is 124 Å². The SMILES string of the molecule is O=C(NCCCO)Nc1ccc(Cl)cc1OCC(F)(F)F. The first-order valence-corrected chi connectivity index (χ1v) is 6.34. The summed E-state index contributed by atoms with van der Waals surface area (Å²) in [5.41, 5.74) is 0.0603. The average Bonchev–Trinajstić information content (AvgIpc) is 2.38. The zero-order chi connectivity index (χ0) is 15.9. The monoisotopic (exact) mass is 326 g/mol. The van der Waals surface area contributed by atoms with E-state index < -0.39 is 18.8 Å². The maximum atomic E-state index is 12.2. The third-order valence-electron chi connectivity index (χ3n) is 2.20. The van der Waals surface area contributed by atoms with Crippen LogP contribution in [0.2, 0.25) is 5.02 Å².